The van der Waals surface area contributed by atoms with E-state index in [1.807, 2.05) is 32.2 Å². The van der Waals surface area contributed by atoms with Crippen LogP contribution in [0.15, 0.2) is 57.8 Å². The molecule has 34 heavy (non-hydrogen) atoms. The summed E-state index contributed by atoms with van der Waals surface area (Å²) in [6, 6.07) is 10.8. The Morgan fingerprint density at radius 1 is 1.00 bits per heavy atom. The lowest BCUT2D eigenvalue weighted by atomic mass is 10.0. The molecule has 0 amide bonds. The van der Waals surface area contributed by atoms with Gasteiger partial charge in [0.05, 0.1) is 19.9 Å². The number of allylic oxidation sites excluding steroid dienone is 2. The van der Waals surface area contributed by atoms with Crippen molar-refractivity contribution in [3.8, 4) is 11.5 Å². The maximum atomic E-state index is 11.3. The maximum Gasteiger partial charge on any atom is 0.342 e. The van der Waals surface area contributed by atoms with Gasteiger partial charge in [-0.1, -0.05) is 50.4 Å². The number of carbonyl (C=O) groups excluding carboxylic acids is 1. The number of fused-ring (bicyclic) bond motifs is 1. The van der Waals surface area contributed by atoms with Gasteiger partial charge in [-0.2, -0.15) is 0 Å². The highest BCUT2D eigenvalue weighted by Crippen LogP contribution is 2.36. The van der Waals surface area contributed by atoms with Crippen LogP contribution in [0.5, 0.6) is 11.5 Å². The van der Waals surface area contributed by atoms with Crippen LogP contribution in [-0.2, 0) is 11.2 Å². The number of ketones is 1. The molecule has 0 radical (unpaired) electrons. The zero-order valence-electron chi connectivity index (χ0n) is 20.9. The van der Waals surface area contributed by atoms with Crippen molar-refractivity contribution in [1.82, 2.24) is 0 Å². The fourth-order valence-electron chi connectivity index (χ4n) is 2.99. The Kier molecular flexibility index (Phi) is 11.9. The lowest BCUT2D eigenvalue weighted by molar-refractivity contribution is -0.131. The number of carbonyl (C=O) groups is 2. The fourth-order valence-corrected chi connectivity index (χ4v) is 3.70. The van der Waals surface area contributed by atoms with Crippen molar-refractivity contribution in [2.24, 2.45) is 4.99 Å². The van der Waals surface area contributed by atoms with Gasteiger partial charge in [0.1, 0.15) is 4.91 Å². The molecule has 0 unspecified atom stereocenters. The highest BCUT2D eigenvalue weighted by atomic mass is 32.2. The number of aliphatic imine (C=N–C) groups is 1. The lowest BCUT2D eigenvalue weighted by Crippen LogP contribution is -2.01. The van der Waals surface area contributed by atoms with Crippen molar-refractivity contribution in [3.05, 3.63) is 69.5 Å². The van der Waals surface area contributed by atoms with Crippen LogP contribution in [0.2, 0.25) is 0 Å². The Morgan fingerprint density at radius 3 is 2.12 bits per heavy atom. The zero-order valence-corrected chi connectivity index (χ0v) is 21.7. The molecular weight excluding hydrogens is 450 g/mol. The second-order valence-electron chi connectivity index (χ2n) is 7.05. The smallest absolute Gasteiger partial charge is 0.342 e. The molecule has 0 fully saturated rings. The third-order valence-electron chi connectivity index (χ3n) is 4.64. The SMILES string of the molecule is C=C(C)S/C(C(=O)O)=C(\C)c1cccc(C(C)=O)c1.CC.COc1cc2c(cc1OC)N=CC2. The number of methoxy groups -OCH3 is 2. The monoisotopic (exact) mass is 483 g/mol. The van der Waals surface area contributed by atoms with Gasteiger partial charge in [-0.3, -0.25) is 9.79 Å². The van der Waals surface area contributed by atoms with Gasteiger partial charge in [0.2, 0.25) is 0 Å². The standard InChI is InChI=1S/C15H16O3S.C10H11NO2.C2H6/c1-9(2)19-14(15(17)18)10(3)12-6-5-7-13(8-12)11(4)16;1-12-9-5-7-3-4-11-8(7)6-10(9)13-2;1-2/h5-8H,1H2,2-4H3,(H,17,18);4-6H,3H2,1-2H3;1-2H3/b14-10+;;. The van der Waals surface area contributed by atoms with Gasteiger partial charge in [-0.25, -0.2) is 4.79 Å². The second-order valence-corrected chi connectivity index (χ2v) is 8.36. The van der Waals surface area contributed by atoms with Crippen molar-refractivity contribution in [1.29, 1.82) is 0 Å². The first kappa shape index (κ1) is 28.7. The number of hydrogen-bond donors (Lipinski definition) is 1. The molecule has 3 rings (SSSR count). The van der Waals surface area contributed by atoms with E-state index in [1.54, 1.807) is 52.3 Å². The largest absolute Gasteiger partial charge is 0.493 e. The molecule has 1 aliphatic heterocycles. The molecule has 0 atom stereocenters. The summed E-state index contributed by atoms with van der Waals surface area (Å²) >= 11 is 1.13. The van der Waals surface area contributed by atoms with Gasteiger partial charge in [0.25, 0.3) is 0 Å². The molecular formula is C27H33NO5S. The minimum absolute atomic E-state index is 0.0425. The second kappa shape index (κ2) is 14.1. The molecule has 0 saturated heterocycles. The van der Waals surface area contributed by atoms with Gasteiger partial charge in [0, 0.05) is 24.3 Å². The first-order chi connectivity index (χ1) is 16.2. The molecule has 1 aliphatic rings. The fraction of sp³-hybridized carbons (Fsp3) is 0.296. The number of carboxylic acid groups (broad SMARTS) is 1. The summed E-state index contributed by atoms with van der Waals surface area (Å²) in [5, 5.41) is 9.25. The van der Waals surface area contributed by atoms with Crippen LogP contribution in [0.4, 0.5) is 5.69 Å². The number of nitrogens with zero attached hydrogens (tertiary/aromatic N) is 1. The number of hydrogen-bond acceptors (Lipinski definition) is 6. The lowest BCUT2D eigenvalue weighted by Gasteiger charge is -2.09. The molecule has 0 aromatic heterocycles. The molecule has 0 bridgehead atoms. The molecule has 1 N–H and O–H groups in total. The number of rotatable bonds is 7. The summed E-state index contributed by atoms with van der Waals surface area (Å²) in [5.74, 6) is 0.477. The minimum atomic E-state index is -0.987. The molecule has 0 saturated carbocycles. The molecule has 0 aliphatic carbocycles. The van der Waals surface area contributed by atoms with Crippen molar-refractivity contribution >= 4 is 41.0 Å². The van der Waals surface area contributed by atoms with E-state index in [0.29, 0.717) is 16.0 Å². The molecule has 182 valence electrons. The Bertz CT molecular complexity index is 1100. The van der Waals surface area contributed by atoms with Crippen molar-refractivity contribution < 1.29 is 24.2 Å². The molecule has 6 nitrogen and oxygen atoms in total. The summed E-state index contributed by atoms with van der Waals surface area (Å²) in [7, 11) is 3.27. The van der Waals surface area contributed by atoms with Crippen LogP contribution < -0.4 is 9.47 Å². The van der Waals surface area contributed by atoms with E-state index in [0.717, 1.165) is 40.9 Å². The molecule has 1 heterocycles. The van der Waals surface area contributed by atoms with Crippen molar-refractivity contribution in [2.75, 3.05) is 14.2 Å². The number of carboxylic acids is 1. The van der Waals surface area contributed by atoms with Crippen molar-refractivity contribution in [3.63, 3.8) is 0 Å². The summed E-state index contributed by atoms with van der Waals surface area (Å²) in [6.07, 6.45) is 2.78. The molecule has 0 spiro atoms. The Hall–Kier alpha value is -3.32. The summed E-state index contributed by atoms with van der Waals surface area (Å²) in [4.78, 5) is 27.8. The number of Topliss-reactive ketones (excluding diaryl/α,β-unsaturated/α-hetero) is 1. The third kappa shape index (κ3) is 7.92. The number of ether oxygens (including phenoxy) is 2. The average Bonchev–Trinajstić information content (AvgIpc) is 3.30. The van der Waals surface area contributed by atoms with E-state index in [-0.39, 0.29) is 10.7 Å². The van der Waals surface area contributed by atoms with Gasteiger partial charge in [-0.15, -0.1) is 0 Å². The van der Waals surface area contributed by atoms with Gasteiger partial charge >= 0.3 is 5.97 Å². The Morgan fingerprint density at radius 2 is 1.59 bits per heavy atom. The van der Waals surface area contributed by atoms with Crippen LogP contribution in [0.1, 0.15) is 56.1 Å². The number of thioether (sulfide) groups is 1. The Labute approximate surface area is 206 Å². The van der Waals surface area contributed by atoms with E-state index in [2.05, 4.69) is 11.6 Å². The first-order valence-electron chi connectivity index (χ1n) is 10.8. The van der Waals surface area contributed by atoms with Gasteiger partial charge in [0.15, 0.2) is 17.3 Å². The van der Waals surface area contributed by atoms with Gasteiger partial charge in [-0.05, 0) is 54.5 Å². The van der Waals surface area contributed by atoms with Crippen LogP contribution >= 0.6 is 11.8 Å². The first-order valence-corrected chi connectivity index (χ1v) is 11.7. The van der Waals surface area contributed by atoms with E-state index in [4.69, 9.17) is 9.47 Å². The third-order valence-corrected chi connectivity index (χ3v) is 5.67. The van der Waals surface area contributed by atoms with E-state index in [9.17, 15) is 14.7 Å². The minimum Gasteiger partial charge on any atom is -0.493 e. The highest BCUT2D eigenvalue weighted by molar-refractivity contribution is 8.07. The number of aliphatic carboxylic acids is 1. The maximum absolute atomic E-state index is 11.3. The predicted molar refractivity (Wildman–Crippen MR) is 142 cm³/mol. The molecule has 2 aromatic rings. The van der Waals surface area contributed by atoms with Crippen LogP contribution in [-0.4, -0.2) is 37.3 Å². The summed E-state index contributed by atoms with van der Waals surface area (Å²) < 4.78 is 10.3. The quantitative estimate of drug-likeness (QED) is 0.338. The zero-order chi connectivity index (χ0) is 25.8. The van der Waals surface area contributed by atoms with Crippen LogP contribution in [0.25, 0.3) is 5.57 Å². The predicted octanol–water partition coefficient (Wildman–Crippen LogP) is 6.96. The summed E-state index contributed by atoms with van der Waals surface area (Å²) in [6.45, 7) is 12.7. The summed E-state index contributed by atoms with van der Waals surface area (Å²) in [5.41, 5.74) is 4.11. The topological polar surface area (TPSA) is 85.2 Å². The van der Waals surface area contributed by atoms with Crippen LogP contribution in [0.3, 0.4) is 0 Å². The van der Waals surface area contributed by atoms with E-state index in [1.165, 1.54) is 12.5 Å². The highest BCUT2D eigenvalue weighted by Gasteiger charge is 2.15. The molecule has 2 aromatic carbocycles. The normalized spacial score (nSPS) is 11.6. The van der Waals surface area contributed by atoms with Crippen LogP contribution in [0, 0.1) is 0 Å². The Balaban J connectivity index is 0.000000334. The van der Waals surface area contributed by atoms with Gasteiger partial charge < -0.3 is 14.6 Å². The average molecular weight is 484 g/mol. The number of benzene rings is 2. The molecule has 7 heteroatoms. The van der Waals surface area contributed by atoms with E-state index >= 15 is 0 Å². The van der Waals surface area contributed by atoms with E-state index < -0.39 is 5.97 Å². The van der Waals surface area contributed by atoms with Crippen molar-refractivity contribution in [2.45, 2.75) is 41.0 Å².